The van der Waals surface area contributed by atoms with E-state index >= 15 is 0 Å². The second-order valence-electron chi connectivity index (χ2n) is 4.41. The fraction of sp³-hybridized carbons (Fsp3) is 0.727. The Morgan fingerprint density at radius 1 is 1.53 bits per heavy atom. The SMILES string of the molecule is CC(=O)N[C@@H](CSCCC(C)(C)C#N)C(=O)O. The van der Waals surface area contributed by atoms with Gasteiger partial charge in [-0.2, -0.15) is 17.0 Å². The maximum Gasteiger partial charge on any atom is 0.327 e. The first kappa shape index (κ1) is 15.8. The Morgan fingerprint density at radius 2 is 2.12 bits per heavy atom. The third-order valence-corrected chi connectivity index (χ3v) is 3.20. The van der Waals surface area contributed by atoms with Crippen molar-refractivity contribution in [2.24, 2.45) is 5.41 Å². The van der Waals surface area contributed by atoms with E-state index in [1.807, 2.05) is 13.8 Å². The summed E-state index contributed by atoms with van der Waals surface area (Å²) < 4.78 is 0. The molecule has 0 heterocycles. The summed E-state index contributed by atoms with van der Waals surface area (Å²) in [7, 11) is 0. The molecule has 0 radical (unpaired) electrons. The molecule has 0 unspecified atom stereocenters. The molecule has 0 aromatic carbocycles. The molecule has 5 nitrogen and oxygen atoms in total. The quantitative estimate of drug-likeness (QED) is 0.671. The molecule has 0 aliphatic carbocycles. The van der Waals surface area contributed by atoms with E-state index in [1.165, 1.54) is 18.7 Å². The van der Waals surface area contributed by atoms with Crippen LogP contribution in [0.25, 0.3) is 0 Å². The third-order valence-electron chi connectivity index (χ3n) is 2.13. The minimum atomic E-state index is -1.03. The number of hydrogen-bond acceptors (Lipinski definition) is 4. The van der Waals surface area contributed by atoms with E-state index in [1.54, 1.807) is 0 Å². The van der Waals surface area contributed by atoms with E-state index in [9.17, 15) is 9.59 Å². The molecule has 96 valence electrons. The van der Waals surface area contributed by atoms with E-state index in [0.717, 1.165) is 0 Å². The zero-order valence-corrected chi connectivity index (χ0v) is 11.1. The van der Waals surface area contributed by atoms with Crippen molar-refractivity contribution in [1.82, 2.24) is 5.32 Å². The van der Waals surface area contributed by atoms with Crippen LogP contribution in [0.2, 0.25) is 0 Å². The Bertz CT molecular complexity index is 323. The van der Waals surface area contributed by atoms with Gasteiger partial charge in [0, 0.05) is 12.7 Å². The van der Waals surface area contributed by atoms with Crippen LogP contribution in [-0.4, -0.2) is 34.5 Å². The van der Waals surface area contributed by atoms with Crippen LogP contribution >= 0.6 is 11.8 Å². The van der Waals surface area contributed by atoms with Crippen molar-refractivity contribution in [2.75, 3.05) is 11.5 Å². The molecule has 0 saturated heterocycles. The Labute approximate surface area is 106 Å². The van der Waals surface area contributed by atoms with Crippen molar-refractivity contribution in [1.29, 1.82) is 5.26 Å². The van der Waals surface area contributed by atoms with Crippen LogP contribution in [0.3, 0.4) is 0 Å². The Hall–Kier alpha value is -1.22. The van der Waals surface area contributed by atoms with Crippen LogP contribution in [0, 0.1) is 16.7 Å². The molecule has 0 aromatic rings. The zero-order valence-electron chi connectivity index (χ0n) is 10.3. The molecule has 0 spiro atoms. The molecule has 2 N–H and O–H groups in total. The second kappa shape index (κ2) is 7.17. The van der Waals surface area contributed by atoms with Crippen LogP contribution < -0.4 is 5.32 Å². The van der Waals surface area contributed by atoms with Crippen LogP contribution in [0.1, 0.15) is 27.2 Å². The van der Waals surface area contributed by atoms with Crippen molar-refractivity contribution in [3.05, 3.63) is 0 Å². The number of carboxylic acid groups (broad SMARTS) is 1. The van der Waals surface area contributed by atoms with Gasteiger partial charge < -0.3 is 10.4 Å². The summed E-state index contributed by atoms with van der Waals surface area (Å²) in [4.78, 5) is 21.6. The summed E-state index contributed by atoms with van der Waals surface area (Å²) >= 11 is 1.43. The molecule has 0 aromatic heterocycles. The molecule has 1 amide bonds. The van der Waals surface area contributed by atoms with E-state index < -0.39 is 12.0 Å². The minimum absolute atomic E-state index is 0.316. The summed E-state index contributed by atoms with van der Waals surface area (Å²) in [6.07, 6.45) is 0.695. The Kier molecular flexibility index (Phi) is 6.66. The number of nitrogens with zero attached hydrogens (tertiary/aromatic N) is 1. The number of nitrogens with one attached hydrogen (secondary N) is 1. The maximum atomic E-state index is 10.8. The zero-order chi connectivity index (χ0) is 13.5. The number of aliphatic carboxylic acids is 1. The molecule has 0 saturated carbocycles. The van der Waals surface area contributed by atoms with E-state index in [0.29, 0.717) is 17.9 Å². The monoisotopic (exact) mass is 258 g/mol. The van der Waals surface area contributed by atoms with Crippen molar-refractivity contribution < 1.29 is 14.7 Å². The first-order valence-corrected chi connectivity index (χ1v) is 6.43. The normalized spacial score (nSPS) is 12.6. The van der Waals surface area contributed by atoms with Gasteiger partial charge in [0.15, 0.2) is 0 Å². The van der Waals surface area contributed by atoms with Crippen LogP contribution in [0.5, 0.6) is 0 Å². The smallest absolute Gasteiger partial charge is 0.327 e. The topological polar surface area (TPSA) is 90.2 Å². The average molecular weight is 258 g/mol. The number of nitriles is 1. The highest BCUT2D eigenvalue weighted by Crippen LogP contribution is 2.21. The molecule has 17 heavy (non-hydrogen) atoms. The Balaban J connectivity index is 3.96. The van der Waals surface area contributed by atoms with E-state index in [-0.39, 0.29) is 11.3 Å². The highest BCUT2D eigenvalue weighted by Gasteiger charge is 2.20. The predicted molar refractivity (Wildman–Crippen MR) is 66.6 cm³/mol. The van der Waals surface area contributed by atoms with Gasteiger partial charge in [-0.3, -0.25) is 4.79 Å². The largest absolute Gasteiger partial charge is 0.480 e. The fourth-order valence-corrected chi connectivity index (χ4v) is 2.29. The van der Waals surface area contributed by atoms with E-state index in [4.69, 9.17) is 10.4 Å². The lowest BCUT2D eigenvalue weighted by molar-refractivity contribution is -0.140. The maximum absolute atomic E-state index is 10.8. The van der Waals surface area contributed by atoms with Gasteiger partial charge in [-0.05, 0) is 26.0 Å². The Morgan fingerprint density at radius 3 is 2.53 bits per heavy atom. The number of carbonyl (C=O) groups excluding carboxylic acids is 1. The highest BCUT2D eigenvalue weighted by molar-refractivity contribution is 7.99. The lowest BCUT2D eigenvalue weighted by atomic mass is 9.93. The second-order valence-corrected chi connectivity index (χ2v) is 5.56. The average Bonchev–Trinajstić information content (AvgIpc) is 2.21. The lowest BCUT2D eigenvalue weighted by Crippen LogP contribution is -2.41. The fourth-order valence-electron chi connectivity index (χ4n) is 1.00. The summed E-state index contributed by atoms with van der Waals surface area (Å²) in [6, 6.07) is 1.33. The van der Waals surface area contributed by atoms with Gasteiger partial charge in [-0.25, -0.2) is 4.79 Å². The molecular weight excluding hydrogens is 240 g/mol. The van der Waals surface area contributed by atoms with Gasteiger partial charge in [-0.15, -0.1) is 0 Å². The minimum Gasteiger partial charge on any atom is -0.480 e. The van der Waals surface area contributed by atoms with Crippen LogP contribution in [0.4, 0.5) is 0 Å². The first-order valence-electron chi connectivity index (χ1n) is 5.27. The van der Waals surface area contributed by atoms with Gasteiger partial charge in [0.05, 0.1) is 11.5 Å². The number of amides is 1. The van der Waals surface area contributed by atoms with Crippen molar-refractivity contribution in [3.63, 3.8) is 0 Å². The number of hydrogen-bond donors (Lipinski definition) is 2. The molecule has 0 bridgehead atoms. The molecular formula is C11H18N2O3S. The number of rotatable bonds is 7. The van der Waals surface area contributed by atoms with Crippen molar-refractivity contribution in [2.45, 2.75) is 33.2 Å². The van der Waals surface area contributed by atoms with Gasteiger partial charge in [0.1, 0.15) is 6.04 Å². The lowest BCUT2D eigenvalue weighted by Gasteiger charge is -2.16. The number of carboxylic acids is 1. The van der Waals surface area contributed by atoms with E-state index in [2.05, 4.69) is 11.4 Å². The van der Waals surface area contributed by atoms with Gasteiger partial charge in [0.25, 0.3) is 0 Å². The summed E-state index contributed by atoms with van der Waals surface area (Å²) in [5.41, 5.74) is -0.389. The third kappa shape index (κ3) is 7.64. The predicted octanol–water partition coefficient (Wildman–Crippen LogP) is 1.25. The standard InChI is InChI=1S/C11H18N2O3S/c1-8(14)13-9(10(15)16)6-17-5-4-11(2,3)7-12/h9H,4-6H2,1-3H3,(H,13,14)(H,15,16)/t9-/m0/s1. The molecule has 0 fully saturated rings. The van der Waals surface area contributed by atoms with Gasteiger partial charge >= 0.3 is 5.97 Å². The summed E-state index contributed by atoms with van der Waals surface area (Å²) in [6.45, 7) is 4.98. The number of thioether (sulfide) groups is 1. The van der Waals surface area contributed by atoms with Crippen molar-refractivity contribution >= 4 is 23.6 Å². The number of carbonyl (C=O) groups is 2. The first-order chi connectivity index (χ1) is 7.78. The highest BCUT2D eigenvalue weighted by atomic mass is 32.2. The molecule has 0 aliphatic heterocycles. The summed E-state index contributed by atoms with van der Waals surface area (Å²) in [5.74, 6) is -0.372. The van der Waals surface area contributed by atoms with Crippen LogP contribution in [0.15, 0.2) is 0 Å². The van der Waals surface area contributed by atoms with Gasteiger partial charge in [-0.1, -0.05) is 0 Å². The molecule has 0 aliphatic rings. The molecule has 1 atom stereocenters. The van der Waals surface area contributed by atoms with Crippen LogP contribution in [-0.2, 0) is 9.59 Å². The van der Waals surface area contributed by atoms with Crippen molar-refractivity contribution in [3.8, 4) is 6.07 Å². The molecule has 6 heteroatoms. The van der Waals surface area contributed by atoms with Gasteiger partial charge in [0.2, 0.25) is 5.91 Å². The molecule has 0 rings (SSSR count). The summed E-state index contributed by atoms with van der Waals surface area (Å²) in [5, 5.41) is 20.0.